The molecular formula is C16H22N4O3. The lowest BCUT2D eigenvalue weighted by Crippen LogP contribution is -2.50. The average molecular weight is 318 g/mol. The molecule has 2 aromatic heterocycles. The Labute approximate surface area is 135 Å². The van der Waals surface area contributed by atoms with Crippen LogP contribution in [0.15, 0.2) is 16.9 Å². The van der Waals surface area contributed by atoms with Gasteiger partial charge in [-0.05, 0) is 13.8 Å². The van der Waals surface area contributed by atoms with E-state index in [9.17, 15) is 4.79 Å². The highest BCUT2D eigenvalue weighted by atomic mass is 16.5. The van der Waals surface area contributed by atoms with E-state index in [0.717, 1.165) is 5.56 Å². The van der Waals surface area contributed by atoms with Gasteiger partial charge in [-0.1, -0.05) is 12.1 Å². The van der Waals surface area contributed by atoms with Crippen molar-refractivity contribution in [2.75, 3.05) is 19.7 Å². The molecule has 0 N–H and O–H groups in total. The van der Waals surface area contributed by atoms with Crippen LogP contribution in [0.4, 0.5) is 0 Å². The van der Waals surface area contributed by atoms with Crippen LogP contribution in [0.1, 0.15) is 41.2 Å². The lowest BCUT2D eigenvalue weighted by atomic mass is 9.96. The van der Waals surface area contributed by atoms with E-state index in [1.165, 1.54) is 0 Å². The number of aromatic nitrogens is 3. The van der Waals surface area contributed by atoms with Crippen molar-refractivity contribution in [3.8, 4) is 0 Å². The third-order valence-corrected chi connectivity index (χ3v) is 4.35. The Bertz CT molecular complexity index is 721. The molecule has 0 aromatic carbocycles. The zero-order valence-corrected chi connectivity index (χ0v) is 14.0. The van der Waals surface area contributed by atoms with Gasteiger partial charge in [-0.3, -0.25) is 9.48 Å². The highest BCUT2D eigenvalue weighted by Crippen LogP contribution is 2.30. The summed E-state index contributed by atoms with van der Waals surface area (Å²) in [5.74, 6) is 0.598. The van der Waals surface area contributed by atoms with Gasteiger partial charge in [0.15, 0.2) is 0 Å². The van der Waals surface area contributed by atoms with Crippen molar-refractivity contribution in [2.45, 2.75) is 32.8 Å². The minimum absolute atomic E-state index is 0.0426. The summed E-state index contributed by atoms with van der Waals surface area (Å²) in [6.45, 7) is 7.27. The zero-order chi connectivity index (χ0) is 16.6. The van der Waals surface area contributed by atoms with Crippen LogP contribution in [0.3, 0.4) is 0 Å². The molecule has 1 atom stereocenters. The van der Waals surface area contributed by atoms with E-state index in [1.807, 2.05) is 32.0 Å². The molecule has 23 heavy (non-hydrogen) atoms. The topological polar surface area (TPSA) is 73.4 Å². The number of carbonyl (C=O) groups excluding carboxylic acids is 1. The van der Waals surface area contributed by atoms with Gasteiger partial charge < -0.3 is 14.2 Å². The maximum Gasteiger partial charge on any atom is 0.259 e. The van der Waals surface area contributed by atoms with Crippen LogP contribution in [0.5, 0.6) is 0 Å². The van der Waals surface area contributed by atoms with Crippen LogP contribution < -0.4 is 0 Å². The van der Waals surface area contributed by atoms with Gasteiger partial charge in [0.2, 0.25) is 0 Å². The highest BCUT2D eigenvalue weighted by molar-refractivity contribution is 5.96. The van der Waals surface area contributed by atoms with E-state index in [-0.39, 0.29) is 5.91 Å². The number of aryl methyl sites for hydroxylation is 3. The van der Waals surface area contributed by atoms with Gasteiger partial charge in [-0.2, -0.15) is 5.10 Å². The number of carbonyl (C=O) groups is 1. The van der Waals surface area contributed by atoms with Gasteiger partial charge in [-0.15, -0.1) is 0 Å². The molecule has 1 amide bonds. The third-order valence-electron chi connectivity index (χ3n) is 4.35. The van der Waals surface area contributed by atoms with E-state index in [0.29, 0.717) is 43.1 Å². The summed E-state index contributed by atoms with van der Waals surface area (Å²) in [5, 5.41) is 8.14. The smallest absolute Gasteiger partial charge is 0.259 e. The minimum atomic E-state index is -0.556. The standard InChI is InChI=1S/C16H22N4O3/c1-5-13-14(11(2)18-23-13)15(21)20-6-7-22-16(3,10-20)12-8-17-19(4)9-12/h8-9H,5-7,10H2,1-4H3. The van der Waals surface area contributed by atoms with Gasteiger partial charge in [0.25, 0.3) is 5.91 Å². The molecule has 0 spiro atoms. The number of hydrogen-bond acceptors (Lipinski definition) is 5. The number of rotatable bonds is 3. The summed E-state index contributed by atoms with van der Waals surface area (Å²) in [4.78, 5) is 14.7. The largest absolute Gasteiger partial charge is 0.367 e. The molecule has 1 aliphatic heterocycles. The maximum atomic E-state index is 12.9. The Kier molecular flexibility index (Phi) is 3.97. The number of nitrogens with zero attached hydrogens (tertiary/aromatic N) is 4. The predicted octanol–water partition coefficient (Wildman–Crippen LogP) is 1.67. The predicted molar refractivity (Wildman–Crippen MR) is 83.0 cm³/mol. The van der Waals surface area contributed by atoms with E-state index in [4.69, 9.17) is 9.26 Å². The molecule has 1 fully saturated rings. The quantitative estimate of drug-likeness (QED) is 0.860. The zero-order valence-electron chi connectivity index (χ0n) is 14.0. The molecule has 1 unspecified atom stereocenters. The molecule has 1 aliphatic rings. The first-order valence-corrected chi connectivity index (χ1v) is 7.82. The van der Waals surface area contributed by atoms with Crippen LogP contribution in [0, 0.1) is 6.92 Å². The molecule has 0 bridgehead atoms. The number of ether oxygens (including phenoxy) is 1. The second-order valence-corrected chi connectivity index (χ2v) is 6.13. The number of morpholine rings is 1. The Morgan fingerprint density at radius 1 is 1.48 bits per heavy atom. The van der Waals surface area contributed by atoms with Crippen LogP contribution >= 0.6 is 0 Å². The molecule has 0 radical (unpaired) electrons. The van der Waals surface area contributed by atoms with Gasteiger partial charge in [-0.25, -0.2) is 0 Å². The van der Waals surface area contributed by atoms with Gasteiger partial charge in [0.05, 0.1) is 25.0 Å². The summed E-state index contributed by atoms with van der Waals surface area (Å²) in [5.41, 5.74) is 1.64. The second kappa shape index (κ2) is 5.81. The fraction of sp³-hybridized carbons (Fsp3) is 0.562. The highest BCUT2D eigenvalue weighted by Gasteiger charge is 2.38. The van der Waals surface area contributed by atoms with Crippen LogP contribution in [-0.2, 0) is 23.8 Å². The van der Waals surface area contributed by atoms with E-state index in [2.05, 4.69) is 10.3 Å². The molecule has 3 heterocycles. The van der Waals surface area contributed by atoms with Crippen molar-refractivity contribution in [3.05, 3.63) is 35.0 Å². The normalized spacial score (nSPS) is 21.7. The molecule has 124 valence electrons. The molecule has 0 aliphatic carbocycles. The lowest BCUT2D eigenvalue weighted by Gasteiger charge is -2.40. The third kappa shape index (κ3) is 2.76. The fourth-order valence-electron chi connectivity index (χ4n) is 3.00. The van der Waals surface area contributed by atoms with Crippen LogP contribution in [-0.4, -0.2) is 45.4 Å². The van der Waals surface area contributed by atoms with Crippen molar-refractivity contribution < 1.29 is 14.1 Å². The average Bonchev–Trinajstić information content (AvgIpc) is 3.13. The second-order valence-electron chi connectivity index (χ2n) is 6.13. The Morgan fingerprint density at radius 3 is 2.91 bits per heavy atom. The Hall–Kier alpha value is -2.15. The molecule has 3 rings (SSSR count). The molecular weight excluding hydrogens is 296 g/mol. The monoisotopic (exact) mass is 318 g/mol. The minimum Gasteiger partial charge on any atom is -0.367 e. The first-order chi connectivity index (χ1) is 10.9. The maximum absolute atomic E-state index is 12.9. The van der Waals surface area contributed by atoms with Crippen LogP contribution in [0.2, 0.25) is 0 Å². The van der Waals surface area contributed by atoms with Crippen molar-refractivity contribution in [1.82, 2.24) is 19.8 Å². The lowest BCUT2D eigenvalue weighted by molar-refractivity contribution is -0.0931. The van der Waals surface area contributed by atoms with E-state index >= 15 is 0 Å². The first kappa shape index (κ1) is 15.7. The Balaban J connectivity index is 1.86. The number of hydrogen-bond donors (Lipinski definition) is 0. The summed E-state index contributed by atoms with van der Waals surface area (Å²) in [6.07, 6.45) is 4.36. The summed E-state index contributed by atoms with van der Waals surface area (Å²) >= 11 is 0. The van der Waals surface area contributed by atoms with Crippen LogP contribution in [0.25, 0.3) is 0 Å². The van der Waals surface area contributed by atoms with Crippen molar-refractivity contribution in [2.24, 2.45) is 7.05 Å². The van der Waals surface area contributed by atoms with Crippen molar-refractivity contribution in [3.63, 3.8) is 0 Å². The summed E-state index contributed by atoms with van der Waals surface area (Å²) in [6, 6.07) is 0. The molecule has 7 heteroatoms. The summed E-state index contributed by atoms with van der Waals surface area (Å²) in [7, 11) is 1.87. The molecule has 1 saturated heterocycles. The van der Waals surface area contributed by atoms with E-state index in [1.54, 1.807) is 17.8 Å². The molecule has 0 saturated carbocycles. The number of amides is 1. The van der Waals surface area contributed by atoms with E-state index < -0.39 is 5.60 Å². The van der Waals surface area contributed by atoms with Gasteiger partial charge >= 0.3 is 0 Å². The SMILES string of the molecule is CCc1onc(C)c1C(=O)N1CCOC(C)(c2cnn(C)c2)C1. The van der Waals surface area contributed by atoms with Crippen molar-refractivity contribution in [1.29, 1.82) is 0 Å². The first-order valence-electron chi connectivity index (χ1n) is 7.82. The van der Waals surface area contributed by atoms with Gasteiger partial charge in [0.1, 0.15) is 16.9 Å². The molecule has 7 nitrogen and oxygen atoms in total. The summed E-state index contributed by atoms with van der Waals surface area (Å²) < 4.78 is 13.0. The van der Waals surface area contributed by atoms with Gasteiger partial charge in [0, 0.05) is 31.8 Å². The van der Waals surface area contributed by atoms with Crippen molar-refractivity contribution >= 4 is 5.91 Å². The fourth-order valence-corrected chi connectivity index (χ4v) is 3.00. The molecule has 2 aromatic rings. The Morgan fingerprint density at radius 2 is 2.26 bits per heavy atom.